The fourth-order valence-corrected chi connectivity index (χ4v) is 9.31. The van der Waals surface area contributed by atoms with Gasteiger partial charge in [0.15, 0.2) is 0 Å². The highest BCUT2D eigenvalue weighted by atomic mass is 15.1. The lowest BCUT2D eigenvalue weighted by molar-refractivity contribution is 0.396. The molecular formula is C53H41N. The van der Waals surface area contributed by atoms with Crippen molar-refractivity contribution in [2.24, 2.45) is 5.92 Å². The van der Waals surface area contributed by atoms with Gasteiger partial charge in [-0.25, -0.2) is 0 Å². The molecule has 8 aromatic rings. The highest BCUT2D eigenvalue weighted by molar-refractivity contribution is 5.98. The molecule has 2 aliphatic carbocycles. The summed E-state index contributed by atoms with van der Waals surface area (Å²) in [5, 5.41) is 5.15. The molecule has 0 N–H and O–H groups in total. The van der Waals surface area contributed by atoms with E-state index in [0.717, 1.165) is 17.1 Å². The third kappa shape index (κ3) is 5.31. The predicted octanol–water partition coefficient (Wildman–Crippen LogP) is 14.6. The molecule has 8 aromatic carbocycles. The third-order valence-electron chi connectivity index (χ3n) is 11.9. The summed E-state index contributed by atoms with van der Waals surface area (Å²) >= 11 is 0. The standard InChI is InChI=1S/C53H41N/c1-53(2)49-23-13-11-22-47(49)51-48(35-41-19-9-10-21-46(41)52(51)53)42-26-25-40-34-44(32-29-39(40)33-42)54(43-30-27-37(28-31-43)36-15-5-3-6-16-36)50-24-14-12-20-45(50)38-17-7-4-8-18-38/h3-35,47,49H,1-2H3. The van der Waals surface area contributed by atoms with Crippen molar-refractivity contribution in [3.8, 4) is 33.4 Å². The van der Waals surface area contributed by atoms with Gasteiger partial charge < -0.3 is 4.90 Å². The smallest absolute Gasteiger partial charge is 0.0540 e. The number of allylic oxidation sites excluding steroid dienone is 4. The molecule has 2 unspecified atom stereocenters. The molecule has 0 aromatic heterocycles. The average Bonchev–Trinajstić information content (AvgIpc) is 3.48. The maximum Gasteiger partial charge on any atom is 0.0540 e. The van der Waals surface area contributed by atoms with Gasteiger partial charge in [0, 0.05) is 22.9 Å². The fraction of sp³-hybridized carbons (Fsp3) is 0.0943. The zero-order valence-corrected chi connectivity index (χ0v) is 30.7. The van der Waals surface area contributed by atoms with Crippen LogP contribution in [-0.2, 0) is 5.41 Å². The van der Waals surface area contributed by atoms with Crippen molar-refractivity contribution in [1.82, 2.24) is 0 Å². The number of hydrogen-bond donors (Lipinski definition) is 0. The van der Waals surface area contributed by atoms with Crippen molar-refractivity contribution < 1.29 is 0 Å². The highest BCUT2D eigenvalue weighted by Crippen LogP contribution is 2.57. The summed E-state index contributed by atoms with van der Waals surface area (Å²) in [5.41, 5.74) is 13.9. The molecule has 0 saturated carbocycles. The SMILES string of the molecule is CC1(C)c2c(c(-c3ccc4cc(N(c5ccc(-c6ccccc6)cc5)c5ccccc5-c5ccccc5)ccc4c3)cc3ccccc23)C2C=CC=CC21. The van der Waals surface area contributed by atoms with Crippen molar-refractivity contribution in [3.05, 3.63) is 211 Å². The number of para-hydroxylation sites is 1. The first-order valence-electron chi connectivity index (χ1n) is 19.1. The van der Waals surface area contributed by atoms with Gasteiger partial charge in [-0.3, -0.25) is 0 Å². The molecule has 0 saturated heterocycles. The van der Waals surface area contributed by atoms with E-state index in [0.29, 0.717) is 11.8 Å². The molecule has 2 atom stereocenters. The quantitative estimate of drug-likeness (QED) is 0.168. The molecule has 258 valence electrons. The Balaban J connectivity index is 1.11. The lowest BCUT2D eigenvalue weighted by Gasteiger charge is -2.29. The van der Waals surface area contributed by atoms with Crippen molar-refractivity contribution in [2.45, 2.75) is 25.2 Å². The molecule has 2 aliphatic rings. The molecule has 0 heterocycles. The molecule has 0 radical (unpaired) electrons. The van der Waals surface area contributed by atoms with E-state index in [1.807, 2.05) is 0 Å². The monoisotopic (exact) mass is 691 g/mol. The number of hydrogen-bond acceptors (Lipinski definition) is 1. The second-order valence-corrected chi connectivity index (χ2v) is 15.4. The summed E-state index contributed by atoms with van der Waals surface area (Å²) in [6, 6.07) is 64.5. The summed E-state index contributed by atoms with van der Waals surface area (Å²) in [4.78, 5) is 2.41. The van der Waals surface area contributed by atoms with Crippen LogP contribution in [0.3, 0.4) is 0 Å². The number of anilines is 3. The topological polar surface area (TPSA) is 3.24 Å². The van der Waals surface area contributed by atoms with Crippen LogP contribution in [0.15, 0.2) is 200 Å². The minimum Gasteiger partial charge on any atom is -0.310 e. The molecule has 10 rings (SSSR count). The van der Waals surface area contributed by atoms with E-state index in [4.69, 9.17) is 0 Å². The van der Waals surface area contributed by atoms with Gasteiger partial charge in [0.1, 0.15) is 0 Å². The second-order valence-electron chi connectivity index (χ2n) is 15.4. The lowest BCUT2D eigenvalue weighted by Crippen LogP contribution is -2.24. The van der Waals surface area contributed by atoms with Gasteiger partial charge in [0.05, 0.1) is 5.69 Å². The first-order chi connectivity index (χ1) is 26.5. The Morgan fingerprint density at radius 1 is 0.444 bits per heavy atom. The van der Waals surface area contributed by atoms with Crippen molar-refractivity contribution in [3.63, 3.8) is 0 Å². The normalized spacial score (nSPS) is 16.7. The molecule has 0 spiro atoms. The van der Waals surface area contributed by atoms with Crippen LogP contribution in [-0.4, -0.2) is 0 Å². The lowest BCUT2D eigenvalue weighted by atomic mass is 9.74. The maximum atomic E-state index is 2.44. The highest BCUT2D eigenvalue weighted by Gasteiger charge is 2.46. The fourth-order valence-electron chi connectivity index (χ4n) is 9.31. The first-order valence-corrected chi connectivity index (χ1v) is 19.1. The molecule has 0 amide bonds. The van der Waals surface area contributed by atoms with Crippen LogP contribution in [0, 0.1) is 5.92 Å². The van der Waals surface area contributed by atoms with Gasteiger partial charge in [0.2, 0.25) is 0 Å². The zero-order chi connectivity index (χ0) is 36.2. The van der Waals surface area contributed by atoms with Crippen molar-refractivity contribution in [2.75, 3.05) is 4.90 Å². The summed E-state index contributed by atoms with van der Waals surface area (Å²) in [6.07, 6.45) is 9.34. The average molecular weight is 692 g/mol. The summed E-state index contributed by atoms with van der Waals surface area (Å²) in [6.45, 7) is 4.88. The van der Waals surface area contributed by atoms with Gasteiger partial charge in [-0.1, -0.05) is 172 Å². The zero-order valence-electron chi connectivity index (χ0n) is 30.7. The summed E-state index contributed by atoms with van der Waals surface area (Å²) in [7, 11) is 0. The van der Waals surface area contributed by atoms with E-state index in [2.05, 4.69) is 219 Å². The van der Waals surface area contributed by atoms with E-state index < -0.39 is 0 Å². The van der Waals surface area contributed by atoms with E-state index in [-0.39, 0.29) is 5.41 Å². The van der Waals surface area contributed by atoms with E-state index in [9.17, 15) is 0 Å². The second kappa shape index (κ2) is 12.9. The number of benzene rings is 8. The minimum absolute atomic E-state index is 0.0292. The Morgan fingerprint density at radius 3 is 1.87 bits per heavy atom. The Bertz CT molecular complexity index is 2730. The van der Waals surface area contributed by atoms with Gasteiger partial charge in [-0.2, -0.15) is 0 Å². The molecule has 0 fully saturated rings. The summed E-state index contributed by atoms with van der Waals surface area (Å²) < 4.78 is 0. The Labute approximate surface area is 318 Å². The third-order valence-corrected chi connectivity index (χ3v) is 11.9. The van der Waals surface area contributed by atoms with Crippen LogP contribution in [0.2, 0.25) is 0 Å². The summed E-state index contributed by atoms with van der Waals surface area (Å²) in [5.74, 6) is 0.806. The first kappa shape index (κ1) is 32.2. The van der Waals surface area contributed by atoms with Crippen molar-refractivity contribution >= 4 is 38.6 Å². The largest absolute Gasteiger partial charge is 0.310 e. The molecule has 0 bridgehead atoms. The van der Waals surface area contributed by atoms with Gasteiger partial charge in [-0.05, 0) is 114 Å². The molecule has 54 heavy (non-hydrogen) atoms. The minimum atomic E-state index is 0.0292. The van der Waals surface area contributed by atoms with E-state index in [1.54, 1.807) is 0 Å². The van der Waals surface area contributed by atoms with E-state index >= 15 is 0 Å². The van der Waals surface area contributed by atoms with Crippen LogP contribution in [0.25, 0.3) is 54.9 Å². The number of rotatable bonds is 6. The van der Waals surface area contributed by atoms with Crippen LogP contribution in [0.4, 0.5) is 17.1 Å². The predicted molar refractivity (Wildman–Crippen MR) is 230 cm³/mol. The molecule has 0 aliphatic heterocycles. The molecule has 1 heteroatoms. The molecular weight excluding hydrogens is 651 g/mol. The van der Waals surface area contributed by atoms with Crippen LogP contribution < -0.4 is 4.90 Å². The van der Waals surface area contributed by atoms with Crippen LogP contribution >= 0.6 is 0 Å². The van der Waals surface area contributed by atoms with Gasteiger partial charge in [-0.15, -0.1) is 0 Å². The van der Waals surface area contributed by atoms with E-state index in [1.165, 1.54) is 66.1 Å². The van der Waals surface area contributed by atoms with Crippen LogP contribution in [0.5, 0.6) is 0 Å². The van der Waals surface area contributed by atoms with Gasteiger partial charge >= 0.3 is 0 Å². The van der Waals surface area contributed by atoms with Gasteiger partial charge in [0.25, 0.3) is 0 Å². The van der Waals surface area contributed by atoms with Crippen molar-refractivity contribution in [1.29, 1.82) is 0 Å². The Morgan fingerprint density at radius 2 is 1.06 bits per heavy atom. The number of nitrogens with zero attached hydrogens (tertiary/aromatic N) is 1. The Kier molecular flexibility index (Phi) is 7.70. The van der Waals surface area contributed by atoms with Crippen LogP contribution in [0.1, 0.15) is 30.9 Å². The maximum absolute atomic E-state index is 2.44. The number of fused-ring (bicyclic) bond motifs is 6. The molecule has 1 nitrogen and oxygen atoms in total. The Hall–Kier alpha value is -6.44.